The molecule has 3 heterocycles. The van der Waals surface area contributed by atoms with Crippen LogP contribution < -0.4 is 10.9 Å². The molecule has 0 bridgehead atoms. The van der Waals surface area contributed by atoms with E-state index >= 15 is 0 Å². The van der Waals surface area contributed by atoms with E-state index in [1.165, 1.54) is 65.9 Å². The zero-order chi connectivity index (χ0) is 35.6. The number of para-hydroxylation sites is 2. The maximum Gasteiger partial charge on any atom is 0.197 e. The van der Waals surface area contributed by atoms with Crippen molar-refractivity contribution in [3.05, 3.63) is 188 Å². The zero-order valence-corrected chi connectivity index (χ0v) is 29.4. The number of aromatic nitrogens is 3. The summed E-state index contributed by atoms with van der Waals surface area (Å²) in [6.45, 7) is 0. The van der Waals surface area contributed by atoms with Gasteiger partial charge < -0.3 is 4.57 Å². The Morgan fingerprint density at radius 3 is 1.89 bits per heavy atom. The molecule has 1 aliphatic rings. The minimum Gasteiger partial charge on any atom is -0.310 e. The minimum atomic E-state index is 0.741. The molecular weight excluding hydrogens is 653 g/mol. The molecular formula is C50H32BN3. The highest BCUT2D eigenvalue weighted by atomic mass is 15.0. The van der Waals surface area contributed by atoms with E-state index in [0.29, 0.717) is 0 Å². The first kappa shape index (κ1) is 30.6. The Bertz CT molecular complexity index is 3070. The molecule has 10 aromatic rings. The molecule has 0 saturated carbocycles. The van der Waals surface area contributed by atoms with E-state index in [1.807, 2.05) is 0 Å². The van der Waals surface area contributed by atoms with E-state index in [4.69, 9.17) is 9.97 Å². The van der Waals surface area contributed by atoms with Crippen LogP contribution in [-0.2, 0) is 0 Å². The molecule has 1 aliphatic heterocycles. The summed E-state index contributed by atoms with van der Waals surface area (Å²) in [5.41, 5.74) is 16.2. The summed E-state index contributed by atoms with van der Waals surface area (Å²) in [6.07, 6.45) is 0. The largest absolute Gasteiger partial charge is 0.310 e. The fourth-order valence-corrected chi connectivity index (χ4v) is 8.52. The molecule has 0 saturated heterocycles. The lowest BCUT2D eigenvalue weighted by Gasteiger charge is -2.13. The smallest absolute Gasteiger partial charge is 0.197 e. The van der Waals surface area contributed by atoms with E-state index in [9.17, 15) is 0 Å². The monoisotopic (exact) mass is 685 g/mol. The van der Waals surface area contributed by atoms with Crippen molar-refractivity contribution in [1.29, 1.82) is 0 Å². The van der Waals surface area contributed by atoms with Crippen molar-refractivity contribution in [2.45, 2.75) is 0 Å². The molecule has 0 aliphatic carbocycles. The quantitative estimate of drug-likeness (QED) is 0.169. The van der Waals surface area contributed by atoms with E-state index in [2.05, 4.69) is 193 Å². The van der Waals surface area contributed by atoms with Gasteiger partial charge in [0.2, 0.25) is 0 Å². The molecule has 54 heavy (non-hydrogen) atoms. The summed E-state index contributed by atoms with van der Waals surface area (Å²) in [4.78, 5) is 10.8. The van der Waals surface area contributed by atoms with Gasteiger partial charge in [0.1, 0.15) is 0 Å². The first-order valence-corrected chi connectivity index (χ1v) is 18.5. The van der Waals surface area contributed by atoms with Gasteiger partial charge in [-0.2, -0.15) is 0 Å². The van der Waals surface area contributed by atoms with Gasteiger partial charge in [0.15, 0.2) is 13.1 Å². The highest BCUT2D eigenvalue weighted by Crippen LogP contribution is 2.37. The van der Waals surface area contributed by atoms with E-state index in [-0.39, 0.29) is 0 Å². The van der Waals surface area contributed by atoms with Crippen LogP contribution in [0.5, 0.6) is 0 Å². The van der Waals surface area contributed by atoms with E-state index < -0.39 is 0 Å². The molecule has 0 N–H and O–H groups in total. The van der Waals surface area contributed by atoms with Crippen LogP contribution in [0, 0.1) is 0 Å². The van der Waals surface area contributed by atoms with Crippen LogP contribution >= 0.6 is 0 Å². The Hall–Kier alpha value is -7.04. The third kappa shape index (κ3) is 4.92. The summed E-state index contributed by atoms with van der Waals surface area (Å²) >= 11 is 0. The van der Waals surface area contributed by atoms with E-state index in [0.717, 1.165) is 46.7 Å². The molecule has 250 valence electrons. The van der Waals surface area contributed by atoms with E-state index in [1.54, 1.807) is 0 Å². The fourth-order valence-electron chi connectivity index (χ4n) is 8.52. The molecule has 8 aromatic carbocycles. The fraction of sp³-hybridized carbons (Fsp3) is 0. The van der Waals surface area contributed by atoms with Gasteiger partial charge in [0, 0.05) is 38.7 Å². The molecule has 0 unspecified atom stereocenters. The molecule has 0 radical (unpaired) electrons. The number of benzene rings is 8. The number of rotatable bonds is 5. The van der Waals surface area contributed by atoms with Crippen molar-refractivity contribution in [2.75, 3.05) is 0 Å². The average Bonchev–Trinajstić information content (AvgIpc) is 3.80. The van der Waals surface area contributed by atoms with Crippen LogP contribution in [0.25, 0.3) is 94.4 Å². The molecule has 11 rings (SSSR count). The predicted molar refractivity (Wildman–Crippen MR) is 227 cm³/mol. The van der Waals surface area contributed by atoms with Crippen LogP contribution in [0.3, 0.4) is 0 Å². The van der Waals surface area contributed by atoms with Crippen LogP contribution in [-0.4, -0.2) is 21.8 Å². The molecule has 3 nitrogen and oxygen atoms in total. The number of fused-ring (bicyclic) bond motifs is 8. The summed E-state index contributed by atoms with van der Waals surface area (Å²) in [5.74, 6) is 0.741. The van der Waals surface area contributed by atoms with Gasteiger partial charge >= 0.3 is 0 Å². The van der Waals surface area contributed by atoms with Gasteiger partial charge in [-0.15, -0.1) is 0 Å². The molecule has 0 amide bonds. The molecule has 0 fully saturated rings. The van der Waals surface area contributed by atoms with Crippen molar-refractivity contribution >= 4 is 50.8 Å². The van der Waals surface area contributed by atoms with Gasteiger partial charge in [0.25, 0.3) is 0 Å². The third-order valence-corrected chi connectivity index (χ3v) is 11.1. The predicted octanol–water partition coefficient (Wildman–Crippen LogP) is 10.8. The van der Waals surface area contributed by atoms with Crippen molar-refractivity contribution in [3.8, 4) is 61.8 Å². The number of nitrogens with zero attached hydrogens (tertiary/aromatic N) is 3. The number of hydrogen-bond acceptors (Lipinski definition) is 2. The summed E-state index contributed by atoms with van der Waals surface area (Å²) in [6, 6.07) is 67.3. The van der Waals surface area contributed by atoms with Gasteiger partial charge in [0.05, 0.1) is 16.9 Å². The maximum absolute atomic E-state index is 5.38. The van der Waals surface area contributed by atoms with Crippen molar-refractivity contribution in [1.82, 2.24) is 14.5 Å². The molecule has 0 spiro atoms. The van der Waals surface area contributed by atoms with Crippen LogP contribution in [0.15, 0.2) is 188 Å². The second-order valence-corrected chi connectivity index (χ2v) is 14.2. The Balaban J connectivity index is 1.11. The van der Waals surface area contributed by atoms with Crippen LogP contribution in [0.4, 0.5) is 0 Å². The van der Waals surface area contributed by atoms with Gasteiger partial charge in [-0.3, -0.25) is 0 Å². The zero-order valence-electron chi connectivity index (χ0n) is 29.4. The SMILES string of the molecule is B1c2c(-c3nc(-c4cccc(-c5ccccc5)c4)cc(-c4ccc5ccccc5c4)n3)cccc2-c2ccc3c4ccccc4n(-c4ccccc4)c3c21. The third-order valence-electron chi connectivity index (χ3n) is 11.1. The van der Waals surface area contributed by atoms with Crippen LogP contribution in [0.2, 0.25) is 0 Å². The Labute approximate surface area is 314 Å². The highest BCUT2D eigenvalue weighted by Gasteiger charge is 2.28. The second-order valence-electron chi connectivity index (χ2n) is 14.2. The second kappa shape index (κ2) is 12.3. The summed E-state index contributed by atoms with van der Waals surface area (Å²) in [5, 5.41) is 4.95. The van der Waals surface area contributed by atoms with Gasteiger partial charge in [-0.1, -0.05) is 157 Å². The van der Waals surface area contributed by atoms with Crippen molar-refractivity contribution < 1.29 is 0 Å². The minimum absolute atomic E-state index is 0.741. The van der Waals surface area contributed by atoms with Gasteiger partial charge in [-0.05, 0) is 74.9 Å². The summed E-state index contributed by atoms with van der Waals surface area (Å²) in [7, 11) is 0.795. The topological polar surface area (TPSA) is 30.7 Å². The number of hydrogen-bond donors (Lipinski definition) is 0. The van der Waals surface area contributed by atoms with Crippen LogP contribution in [0.1, 0.15) is 0 Å². The average molecular weight is 686 g/mol. The first-order chi connectivity index (χ1) is 26.8. The van der Waals surface area contributed by atoms with Crippen molar-refractivity contribution in [2.24, 2.45) is 0 Å². The Kier molecular flexibility index (Phi) is 6.96. The highest BCUT2D eigenvalue weighted by molar-refractivity contribution is 6.77. The Morgan fingerprint density at radius 2 is 1.04 bits per heavy atom. The standard InChI is InChI=1S/C50H32BN3/c1-3-13-32(14-4-1)35-17-11-18-36(29-35)44-31-45(37-26-25-33-15-7-8-16-34(33)30-37)53-50(52-44)43-23-12-22-40-41-27-28-42-39-21-9-10-24-46(39)54(38-19-5-2-6-20-38)49(42)48(41)51-47(40)43/h1-31,51H. The Morgan fingerprint density at radius 1 is 0.389 bits per heavy atom. The maximum atomic E-state index is 5.38. The first-order valence-electron chi connectivity index (χ1n) is 18.5. The lowest BCUT2D eigenvalue weighted by molar-refractivity contribution is 1.18. The normalized spacial score (nSPS) is 11.9. The molecule has 0 atom stereocenters. The van der Waals surface area contributed by atoms with Crippen molar-refractivity contribution in [3.63, 3.8) is 0 Å². The summed E-state index contributed by atoms with van der Waals surface area (Å²) < 4.78 is 2.45. The molecule has 2 aromatic heterocycles. The lowest BCUT2D eigenvalue weighted by Crippen LogP contribution is -2.25. The lowest BCUT2D eigenvalue weighted by atomic mass is 9.65. The van der Waals surface area contributed by atoms with Gasteiger partial charge in [-0.25, -0.2) is 9.97 Å². The molecule has 4 heteroatoms.